The number of carbonyl (C=O) groups excluding carboxylic acids is 2. The molecule has 6 heteroatoms. The van der Waals surface area contributed by atoms with Gasteiger partial charge in [-0.3, -0.25) is 9.59 Å². The molecule has 2 rings (SSSR count). The molecule has 25 heavy (non-hydrogen) atoms. The van der Waals surface area contributed by atoms with Gasteiger partial charge in [-0.25, -0.2) is 0 Å². The number of rotatable bonds is 8. The van der Waals surface area contributed by atoms with Gasteiger partial charge in [0.1, 0.15) is 6.04 Å². The van der Waals surface area contributed by atoms with Crippen molar-refractivity contribution in [3.63, 3.8) is 0 Å². The Kier molecular flexibility index (Phi) is 8.28. The molecular weight excluding hydrogens is 334 g/mol. The third kappa shape index (κ3) is 6.71. The molecule has 0 bridgehead atoms. The van der Waals surface area contributed by atoms with Crippen LogP contribution in [0.4, 0.5) is 0 Å². The zero-order chi connectivity index (χ0) is 18.1. The van der Waals surface area contributed by atoms with Crippen LogP contribution in [0.3, 0.4) is 0 Å². The van der Waals surface area contributed by atoms with Crippen LogP contribution in [0.2, 0.25) is 0 Å². The fourth-order valence-corrected chi connectivity index (χ4v) is 3.47. The Morgan fingerprint density at radius 3 is 2.92 bits per heavy atom. The molecule has 1 aromatic carbocycles. The average Bonchev–Trinajstić information content (AvgIpc) is 2.63. The number of thioether (sulfide) groups is 1. The first-order chi connectivity index (χ1) is 12.1. The molecule has 1 saturated heterocycles. The van der Waals surface area contributed by atoms with Gasteiger partial charge in [0.25, 0.3) is 5.91 Å². The predicted octanol–water partition coefficient (Wildman–Crippen LogP) is 1.96. The molecule has 1 aliphatic heterocycles. The van der Waals surface area contributed by atoms with Gasteiger partial charge in [0.05, 0.1) is 0 Å². The van der Waals surface area contributed by atoms with Gasteiger partial charge in [-0.1, -0.05) is 17.7 Å². The van der Waals surface area contributed by atoms with Crippen LogP contribution in [0, 0.1) is 12.8 Å². The zero-order valence-electron chi connectivity index (χ0n) is 15.1. The van der Waals surface area contributed by atoms with Gasteiger partial charge in [0.15, 0.2) is 0 Å². The van der Waals surface area contributed by atoms with Crippen molar-refractivity contribution in [3.8, 4) is 0 Å². The molecule has 138 valence electrons. The number of nitrogens with one attached hydrogen (secondary N) is 3. The highest BCUT2D eigenvalue weighted by Gasteiger charge is 2.22. The lowest BCUT2D eigenvalue weighted by Gasteiger charge is -2.24. The first-order valence-corrected chi connectivity index (χ1v) is 10.3. The van der Waals surface area contributed by atoms with Crippen LogP contribution in [-0.4, -0.2) is 49.5 Å². The number of hydrogen-bond acceptors (Lipinski definition) is 4. The summed E-state index contributed by atoms with van der Waals surface area (Å²) in [6, 6.07) is 6.94. The van der Waals surface area contributed by atoms with E-state index in [2.05, 4.69) is 16.0 Å². The van der Waals surface area contributed by atoms with Crippen LogP contribution in [0.15, 0.2) is 24.3 Å². The SMILES string of the molecule is CSCCC(NC(=O)c1cccc(C)c1)C(=O)NCC1CCCNC1. The number of benzene rings is 1. The Morgan fingerprint density at radius 1 is 1.40 bits per heavy atom. The van der Waals surface area contributed by atoms with Crippen LogP contribution in [0.5, 0.6) is 0 Å². The lowest BCUT2D eigenvalue weighted by Crippen LogP contribution is -2.49. The second-order valence-corrected chi connectivity index (χ2v) is 7.62. The molecule has 0 aliphatic carbocycles. The van der Waals surface area contributed by atoms with Crippen LogP contribution >= 0.6 is 11.8 Å². The molecule has 1 aliphatic rings. The Labute approximate surface area is 154 Å². The van der Waals surface area contributed by atoms with E-state index in [0.29, 0.717) is 24.4 Å². The van der Waals surface area contributed by atoms with Gasteiger partial charge < -0.3 is 16.0 Å². The predicted molar refractivity (Wildman–Crippen MR) is 104 cm³/mol. The monoisotopic (exact) mass is 363 g/mol. The lowest BCUT2D eigenvalue weighted by molar-refractivity contribution is -0.123. The van der Waals surface area contributed by atoms with Crippen molar-refractivity contribution in [3.05, 3.63) is 35.4 Å². The van der Waals surface area contributed by atoms with Crippen molar-refractivity contribution in [2.45, 2.75) is 32.2 Å². The van der Waals surface area contributed by atoms with E-state index in [-0.39, 0.29) is 11.8 Å². The van der Waals surface area contributed by atoms with E-state index in [9.17, 15) is 9.59 Å². The summed E-state index contributed by atoms with van der Waals surface area (Å²) in [6.07, 6.45) is 4.93. The zero-order valence-corrected chi connectivity index (χ0v) is 16.0. The van der Waals surface area contributed by atoms with Crippen LogP contribution in [-0.2, 0) is 4.79 Å². The summed E-state index contributed by atoms with van der Waals surface area (Å²) < 4.78 is 0. The first kappa shape index (κ1) is 19.8. The van der Waals surface area contributed by atoms with Crippen LogP contribution in [0.1, 0.15) is 35.2 Å². The van der Waals surface area contributed by atoms with Gasteiger partial charge in [0, 0.05) is 12.1 Å². The minimum Gasteiger partial charge on any atom is -0.354 e. The summed E-state index contributed by atoms with van der Waals surface area (Å²) in [5.41, 5.74) is 1.63. The molecule has 5 nitrogen and oxygen atoms in total. The van der Waals surface area contributed by atoms with Crippen LogP contribution in [0.25, 0.3) is 0 Å². The highest BCUT2D eigenvalue weighted by molar-refractivity contribution is 7.98. The Bertz CT molecular complexity index is 574. The molecule has 0 radical (unpaired) electrons. The molecule has 2 atom stereocenters. The van der Waals surface area contributed by atoms with Crippen molar-refractivity contribution in [2.75, 3.05) is 31.6 Å². The largest absolute Gasteiger partial charge is 0.354 e. The minimum absolute atomic E-state index is 0.0828. The number of piperidine rings is 1. The van der Waals surface area contributed by atoms with E-state index < -0.39 is 6.04 Å². The van der Waals surface area contributed by atoms with Crippen molar-refractivity contribution in [2.24, 2.45) is 5.92 Å². The lowest BCUT2D eigenvalue weighted by atomic mass is 9.99. The van der Waals surface area contributed by atoms with E-state index in [0.717, 1.165) is 37.2 Å². The second-order valence-electron chi connectivity index (χ2n) is 6.63. The van der Waals surface area contributed by atoms with E-state index in [1.165, 1.54) is 0 Å². The van der Waals surface area contributed by atoms with Crippen molar-refractivity contribution < 1.29 is 9.59 Å². The van der Waals surface area contributed by atoms with Gasteiger partial charge in [-0.05, 0) is 69.3 Å². The van der Waals surface area contributed by atoms with Gasteiger partial charge >= 0.3 is 0 Å². The van der Waals surface area contributed by atoms with Crippen LogP contribution < -0.4 is 16.0 Å². The summed E-state index contributed by atoms with van der Waals surface area (Å²) in [5.74, 6) is 1.04. The molecule has 2 unspecified atom stereocenters. The fourth-order valence-electron chi connectivity index (χ4n) is 3.00. The summed E-state index contributed by atoms with van der Waals surface area (Å²) >= 11 is 1.68. The first-order valence-electron chi connectivity index (χ1n) is 8.95. The quantitative estimate of drug-likeness (QED) is 0.660. The molecule has 0 aromatic heterocycles. The third-order valence-electron chi connectivity index (χ3n) is 4.48. The number of aryl methyl sites for hydroxylation is 1. The summed E-state index contributed by atoms with van der Waals surface area (Å²) in [5, 5.41) is 9.29. The summed E-state index contributed by atoms with van der Waals surface area (Å²) in [4.78, 5) is 25.0. The molecule has 0 saturated carbocycles. The Balaban J connectivity index is 1.91. The van der Waals surface area contributed by atoms with Crippen molar-refractivity contribution in [1.82, 2.24) is 16.0 Å². The minimum atomic E-state index is -0.489. The topological polar surface area (TPSA) is 70.2 Å². The van der Waals surface area contributed by atoms with Gasteiger partial charge in [-0.2, -0.15) is 11.8 Å². The average molecular weight is 364 g/mol. The Hall–Kier alpha value is -1.53. The van der Waals surface area contributed by atoms with E-state index in [1.54, 1.807) is 17.8 Å². The second kappa shape index (κ2) is 10.5. The van der Waals surface area contributed by atoms with Crippen molar-refractivity contribution in [1.29, 1.82) is 0 Å². The molecular formula is C19H29N3O2S. The molecule has 3 N–H and O–H groups in total. The maximum absolute atomic E-state index is 12.6. The smallest absolute Gasteiger partial charge is 0.251 e. The molecule has 1 aromatic rings. The van der Waals surface area contributed by atoms with E-state index >= 15 is 0 Å². The highest BCUT2D eigenvalue weighted by Crippen LogP contribution is 2.10. The normalized spacial score (nSPS) is 18.4. The molecule has 0 spiro atoms. The number of amides is 2. The van der Waals surface area contributed by atoms with Crippen molar-refractivity contribution >= 4 is 23.6 Å². The number of carbonyl (C=O) groups is 2. The molecule has 1 heterocycles. The number of hydrogen-bond donors (Lipinski definition) is 3. The maximum Gasteiger partial charge on any atom is 0.251 e. The maximum atomic E-state index is 12.6. The van der Waals surface area contributed by atoms with Gasteiger partial charge in [0.2, 0.25) is 5.91 Å². The van der Waals surface area contributed by atoms with E-state index in [1.807, 2.05) is 31.4 Å². The molecule has 2 amide bonds. The summed E-state index contributed by atoms with van der Waals surface area (Å²) in [7, 11) is 0. The van der Waals surface area contributed by atoms with E-state index in [4.69, 9.17) is 0 Å². The Morgan fingerprint density at radius 2 is 2.24 bits per heavy atom. The fraction of sp³-hybridized carbons (Fsp3) is 0.579. The summed E-state index contributed by atoms with van der Waals surface area (Å²) in [6.45, 7) is 4.63. The molecule has 1 fully saturated rings. The third-order valence-corrected chi connectivity index (χ3v) is 5.12. The van der Waals surface area contributed by atoms with Gasteiger partial charge in [-0.15, -0.1) is 0 Å². The standard InChI is InChI=1S/C19H29N3O2S/c1-14-5-3-7-16(11-14)18(23)22-17(8-10-25-2)19(24)21-13-15-6-4-9-20-12-15/h3,5,7,11,15,17,20H,4,6,8-10,12-13H2,1-2H3,(H,21,24)(H,22,23). The highest BCUT2D eigenvalue weighted by atomic mass is 32.2.